The number of thioether (sulfide) groups is 1. The summed E-state index contributed by atoms with van der Waals surface area (Å²) in [6, 6.07) is 12.6. The summed E-state index contributed by atoms with van der Waals surface area (Å²) >= 11 is 6.41. The number of nitrogens with zero attached hydrogens (tertiary/aromatic N) is 1. The molecule has 146 valence electrons. The van der Waals surface area contributed by atoms with E-state index in [1.54, 1.807) is 17.1 Å². The van der Waals surface area contributed by atoms with Gasteiger partial charge in [-0.05, 0) is 35.9 Å². The van der Waals surface area contributed by atoms with E-state index < -0.39 is 17.6 Å². The molecule has 0 spiro atoms. The van der Waals surface area contributed by atoms with Gasteiger partial charge in [0.2, 0.25) is 5.91 Å². The molecule has 1 N–H and O–H groups in total. The van der Waals surface area contributed by atoms with Crippen molar-refractivity contribution in [1.82, 2.24) is 4.98 Å². The quantitative estimate of drug-likeness (QED) is 0.410. The first-order valence-electron chi connectivity index (χ1n) is 8.08. The number of anilines is 1. The van der Waals surface area contributed by atoms with Crippen molar-refractivity contribution >= 4 is 50.6 Å². The van der Waals surface area contributed by atoms with Gasteiger partial charge in [0.25, 0.3) is 0 Å². The number of halogens is 4. The minimum Gasteiger partial charge on any atom is -0.326 e. The van der Waals surface area contributed by atoms with E-state index in [4.69, 9.17) is 0 Å². The summed E-state index contributed by atoms with van der Waals surface area (Å²) < 4.78 is 40.1. The van der Waals surface area contributed by atoms with Crippen LogP contribution in [-0.2, 0) is 23.1 Å². The van der Waals surface area contributed by atoms with E-state index in [-0.39, 0.29) is 12.1 Å². The molecule has 9 heteroatoms. The second-order valence-corrected chi connectivity index (χ2v) is 8.82. The Morgan fingerprint density at radius 2 is 1.93 bits per heavy atom. The lowest BCUT2D eigenvalue weighted by Crippen LogP contribution is -2.15. The zero-order valence-electron chi connectivity index (χ0n) is 14.3. The molecule has 0 unspecified atom stereocenters. The molecule has 0 atom stereocenters. The normalized spacial score (nSPS) is 11.4. The molecule has 0 bridgehead atoms. The predicted octanol–water partition coefficient (Wildman–Crippen LogP) is 6.40. The molecule has 3 aromatic rings. The number of aromatic nitrogens is 1. The van der Waals surface area contributed by atoms with Gasteiger partial charge in [0.15, 0.2) is 0 Å². The summed E-state index contributed by atoms with van der Waals surface area (Å²) in [5, 5.41) is 4.28. The largest absolute Gasteiger partial charge is 0.416 e. The first-order chi connectivity index (χ1) is 13.3. The monoisotopic (exact) mass is 486 g/mol. The van der Waals surface area contributed by atoms with Gasteiger partial charge in [-0.25, -0.2) is 4.98 Å². The van der Waals surface area contributed by atoms with Crippen LogP contribution in [0.3, 0.4) is 0 Å². The number of benzene rings is 2. The minimum absolute atomic E-state index is 0.00554. The number of carbonyl (C=O) groups excluding carboxylic acids is 1. The maximum atomic E-state index is 12.7. The van der Waals surface area contributed by atoms with Crippen molar-refractivity contribution in [3.8, 4) is 0 Å². The number of alkyl halides is 3. The molecule has 3 rings (SSSR count). The first-order valence-corrected chi connectivity index (χ1v) is 10.7. The molecule has 1 heterocycles. The van der Waals surface area contributed by atoms with Crippen LogP contribution in [0.4, 0.5) is 18.9 Å². The van der Waals surface area contributed by atoms with Crippen LogP contribution in [0.15, 0.2) is 62.7 Å². The summed E-state index contributed by atoms with van der Waals surface area (Å²) in [6.07, 6.45) is -4.44. The fourth-order valence-electron chi connectivity index (χ4n) is 2.30. The van der Waals surface area contributed by atoms with Crippen molar-refractivity contribution in [3.05, 3.63) is 75.2 Å². The van der Waals surface area contributed by atoms with Crippen molar-refractivity contribution in [1.29, 1.82) is 0 Å². The number of thiazole rings is 1. The Morgan fingerprint density at radius 3 is 2.64 bits per heavy atom. The Labute approximate surface area is 176 Å². The Balaban J connectivity index is 1.54. The molecule has 0 radical (unpaired) electrons. The number of nitrogens with one attached hydrogen (secondary N) is 1. The number of hydrogen-bond acceptors (Lipinski definition) is 4. The SMILES string of the molecule is O=C(Cc1csc(SCc2ccc(Br)cc2)n1)Nc1cccc(C(F)(F)F)c1. The van der Waals surface area contributed by atoms with Gasteiger partial charge < -0.3 is 5.32 Å². The standard InChI is InChI=1S/C19H14BrF3N2OS2/c20-14-6-4-12(5-7-14)10-27-18-25-16(11-28-18)9-17(26)24-15-3-1-2-13(8-15)19(21,22)23/h1-8,11H,9-10H2,(H,24,26). The van der Waals surface area contributed by atoms with Crippen molar-refractivity contribution in [2.75, 3.05) is 5.32 Å². The fraction of sp³-hybridized carbons (Fsp3) is 0.158. The maximum absolute atomic E-state index is 12.7. The predicted molar refractivity (Wildman–Crippen MR) is 110 cm³/mol. The molecular formula is C19H14BrF3N2OS2. The van der Waals surface area contributed by atoms with E-state index in [9.17, 15) is 18.0 Å². The van der Waals surface area contributed by atoms with E-state index in [2.05, 4.69) is 26.2 Å². The molecule has 0 aliphatic heterocycles. The Morgan fingerprint density at radius 1 is 1.18 bits per heavy atom. The summed E-state index contributed by atoms with van der Waals surface area (Å²) in [5.41, 5.74) is 1.06. The molecule has 0 aliphatic rings. The molecule has 0 fully saturated rings. The Bertz CT molecular complexity index is 958. The van der Waals surface area contributed by atoms with Crippen molar-refractivity contribution in [2.24, 2.45) is 0 Å². The van der Waals surface area contributed by atoms with E-state index in [0.717, 1.165) is 32.3 Å². The second-order valence-electron chi connectivity index (χ2n) is 5.82. The highest BCUT2D eigenvalue weighted by molar-refractivity contribution is 9.10. The van der Waals surface area contributed by atoms with Crippen molar-refractivity contribution in [2.45, 2.75) is 22.7 Å². The van der Waals surface area contributed by atoms with E-state index in [0.29, 0.717) is 5.69 Å². The van der Waals surface area contributed by atoms with Gasteiger partial charge in [-0.3, -0.25) is 4.79 Å². The van der Waals surface area contributed by atoms with Crippen molar-refractivity contribution in [3.63, 3.8) is 0 Å². The highest BCUT2D eigenvalue weighted by Crippen LogP contribution is 2.31. The van der Waals surface area contributed by atoms with Crippen LogP contribution in [-0.4, -0.2) is 10.9 Å². The fourth-order valence-corrected chi connectivity index (χ4v) is 4.37. The number of amides is 1. The van der Waals surface area contributed by atoms with Crippen LogP contribution >= 0.6 is 39.0 Å². The van der Waals surface area contributed by atoms with Crippen molar-refractivity contribution < 1.29 is 18.0 Å². The van der Waals surface area contributed by atoms with Gasteiger partial charge in [-0.15, -0.1) is 11.3 Å². The Hall–Kier alpha value is -1.84. The molecule has 1 aromatic heterocycles. The third-order valence-corrected chi connectivity index (χ3v) is 6.29. The average Bonchev–Trinajstić information content (AvgIpc) is 3.08. The van der Waals surface area contributed by atoms with Crippen LogP contribution in [0, 0.1) is 0 Å². The van der Waals surface area contributed by atoms with Gasteiger partial charge in [-0.2, -0.15) is 13.2 Å². The molecule has 0 saturated carbocycles. The highest BCUT2D eigenvalue weighted by atomic mass is 79.9. The number of carbonyl (C=O) groups is 1. The van der Waals surface area contributed by atoms with E-state index in [1.165, 1.54) is 23.5 Å². The van der Waals surface area contributed by atoms with E-state index >= 15 is 0 Å². The van der Waals surface area contributed by atoms with Crippen LogP contribution in [0.25, 0.3) is 0 Å². The maximum Gasteiger partial charge on any atom is 0.416 e. The smallest absolute Gasteiger partial charge is 0.326 e. The number of rotatable bonds is 6. The molecule has 0 saturated heterocycles. The second kappa shape index (κ2) is 9.11. The minimum atomic E-state index is -4.45. The van der Waals surface area contributed by atoms with Crippen LogP contribution in [0.2, 0.25) is 0 Å². The zero-order chi connectivity index (χ0) is 20.1. The van der Waals surface area contributed by atoms with Crippen LogP contribution in [0.1, 0.15) is 16.8 Å². The summed E-state index contributed by atoms with van der Waals surface area (Å²) in [4.78, 5) is 16.5. The van der Waals surface area contributed by atoms with Crippen LogP contribution < -0.4 is 5.32 Å². The third-order valence-electron chi connectivity index (χ3n) is 3.62. The lowest BCUT2D eigenvalue weighted by atomic mass is 10.2. The van der Waals surface area contributed by atoms with Gasteiger partial charge in [0.1, 0.15) is 4.34 Å². The molecule has 0 aliphatic carbocycles. The average molecular weight is 487 g/mol. The molecule has 2 aromatic carbocycles. The van der Waals surface area contributed by atoms with E-state index in [1.807, 2.05) is 24.3 Å². The molecular weight excluding hydrogens is 473 g/mol. The molecule has 28 heavy (non-hydrogen) atoms. The van der Waals surface area contributed by atoms with Gasteiger partial charge in [-0.1, -0.05) is 45.9 Å². The van der Waals surface area contributed by atoms with Gasteiger partial charge in [0.05, 0.1) is 17.7 Å². The molecule has 1 amide bonds. The first kappa shape index (κ1) is 20.9. The summed E-state index contributed by atoms with van der Waals surface area (Å²) in [6.45, 7) is 0. The number of hydrogen-bond donors (Lipinski definition) is 1. The third kappa shape index (κ3) is 6.08. The van der Waals surface area contributed by atoms with Crippen LogP contribution in [0.5, 0.6) is 0 Å². The lowest BCUT2D eigenvalue weighted by molar-refractivity contribution is -0.137. The van der Waals surface area contributed by atoms with Gasteiger partial charge >= 0.3 is 6.18 Å². The zero-order valence-corrected chi connectivity index (χ0v) is 17.5. The highest BCUT2D eigenvalue weighted by Gasteiger charge is 2.30. The Kier molecular flexibility index (Phi) is 6.79. The summed E-state index contributed by atoms with van der Waals surface area (Å²) in [5.74, 6) is 0.352. The lowest BCUT2D eigenvalue weighted by Gasteiger charge is -2.09. The molecule has 3 nitrogen and oxygen atoms in total. The van der Waals surface area contributed by atoms with Gasteiger partial charge in [0, 0.05) is 21.3 Å². The summed E-state index contributed by atoms with van der Waals surface area (Å²) in [7, 11) is 0. The topological polar surface area (TPSA) is 42.0 Å².